The molecular formula is C16H23N. The van der Waals surface area contributed by atoms with E-state index in [1.54, 1.807) is 0 Å². The minimum Gasteiger partial charge on any atom is -0.330 e. The summed E-state index contributed by atoms with van der Waals surface area (Å²) in [6.45, 7) is 0.814. The van der Waals surface area contributed by atoms with Gasteiger partial charge in [-0.1, -0.05) is 49.9 Å². The minimum atomic E-state index is 0.353. The SMILES string of the molecule is NCC1(c2ccc(CC3CCCC3)cc2)CC1. The van der Waals surface area contributed by atoms with Crippen LogP contribution in [0.4, 0.5) is 0 Å². The van der Waals surface area contributed by atoms with Crippen LogP contribution in [0.15, 0.2) is 24.3 Å². The molecule has 17 heavy (non-hydrogen) atoms. The Kier molecular flexibility index (Phi) is 2.96. The molecule has 0 saturated heterocycles. The lowest BCUT2D eigenvalue weighted by atomic mass is 9.92. The van der Waals surface area contributed by atoms with Gasteiger partial charge < -0.3 is 5.73 Å². The predicted octanol–water partition coefficient (Wildman–Crippen LogP) is 3.41. The molecule has 1 heteroatoms. The molecular weight excluding hydrogens is 206 g/mol. The molecule has 0 bridgehead atoms. The molecule has 2 N–H and O–H groups in total. The van der Waals surface area contributed by atoms with E-state index in [0.29, 0.717) is 5.41 Å². The zero-order valence-corrected chi connectivity index (χ0v) is 10.6. The van der Waals surface area contributed by atoms with Gasteiger partial charge in [0.2, 0.25) is 0 Å². The highest BCUT2D eigenvalue weighted by atomic mass is 14.7. The molecule has 0 heterocycles. The molecule has 0 aromatic heterocycles. The Labute approximate surface area is 104 Å². The highest BCUT2D eigenvalue weighted by Gasteiger charge is 2.42. The summed E-state index contributed by atoms with van der Waals surface area (Å²) in [4.78, 5) is 0. The van der Waals surface area contributed by atoms with Crippen LogP contribution in [0.25, 0.3) is 0 Å². The second-order valence-electron chi connectivity index (χ2n) is 6.04. The van der Waals surface area contributed by atoms with Crippen molar-refractivity contribution in [3.63, 3.8) is 0 Å². The van der Waals surface area contributed by atoms with Crippen LogP contribution in [-0.2, 0) is 11.8 Å². The maximum atomic E-state index is 5.87. The molecule has 92 valence electrons. The van der Waals surface area contributed by atoms with Crippen LogP contribution in [0.3, 0.4) is 0 Å². The third-order valence-corrected chi connectivity index (χ3v) is 4.81. The largest absolute Gasteiger partial charge is 0.330 e. The van der Waals surface area contributed by atoms with Crippen molar-refractivity contribution in [3.05, 3.63) is 35.4 Å². The molecule has 0 unspecified atom stereocenters. The fourth-order valence-corrected chi connectivity index (χ4v) is 3.30. The van der Waals surface area contributed by atoms with Crippen molar-refractivity contribution in [3.8, 4) is 0 Å². The standard InChI is InChI=1S/C16H23N/c17-12-16(9-10-16)15-7-5-14(6-8-15)11-13-3-1-2-4-13/h5-8,13H,1-4,9-12,17H2. The van der Waals surface area contributed by atoms with Gasteiger partial charge in [-0.05, 0) is 36.3 Å². The Morgan fingerprint density at radius 2 is 1.71 bits per heavy atom. The quantitative estimate of drug-likeness (QED) is 0.841. The predicted molar refractivity (Wildman–Crippen MR) is 72.1 cm³/mol. The minimum absolute atomic E-state index is 0.353. The number of rotatable bonds is 4. The number of nitrogens with two attached hydrogens (primary N) is 1. The van der Waals surface area contributed by atoms with Crippen molar-refractivity contribution in [2.75, 3.05) is 6.54 Å². The van der Waals surface area contributed by atoms with Gasteiger partial charge in [0.05, 0.1) is 0 Å². The first kappa shape index (κ1) is 11.3. The van der Waals surface area contributed by atoms with E-state index in [2.05, 4.69) is 24.3 Å². The van der Waals surface area contributed by atoms with E-state index in [4.69, 9.17) is 5.73 Å². The summed E-state index contributed by atoms with van der Waals surface area (Å²) in [5, 5.41) is 0. The van der Waals surface area contributed by atoms with Crippen molar-refractivity contribution in [1.82, 2.24) is 0 Å². The van der Waals surface area contributed by atoms with E-state index in [1.165, 1.54) is 56.1 Å². The third-order valence-electron chi connectivity index (χ3n) is 4.81. The molecule has 0 atom stereocenters. The molecule has 1 aromatic carbocycles. The van der Waals surface area contributed by atoms with Crippen molar-refractivity contribution in [2.45, 2.75) is 50.4 Å². The highest BCUT2D eigenvalue weighted by molar-refractivity contribution is 5.34. The monoisotopic (exact) mass is 229 g/mol. The molecule has 2 aliphatic carbocycles. The van der Waals surface area contributed by atoms with Gasteiger partial charge in [0.1, 0.15) is 0 Å². The molecule has 3 rings (SSSR count). The maximum Gasteiger partial charge on any atom is 0.00762 e. The van der Waals surface area contributed by atoms with E-state index < -0.39 is 0 Å². The van der Waals surface area contributed by atoms with E-state index in [-0.39, 0.29) is 0 Å². The summed E-state index contributed by atoms with van der Waals surface area (Å²) in [7, 11) is 0. The topological polar surface area (TPSA) is 26.0 Å². The van der Waals surface area contributed by atoms with Gasteiger partial charge >= 0.3 is 0 Å². The fraction of sp³-hybridized carbons (Fsp3) is 0.625. The smallest absolute Gasteiger partial charge is 0.00762 e. The first-order chi connectivity index (χ1) is 8.32. The van der Waals surface area contributed by atoms with Crippen LogP contribution in [0.5, 0.6) is 0 Å². The lowest BCUT2D eigenvalue weighted by Crippen LogP contribution is -2.19. The average Bonchev–Trinajstić information content (AvgIpc) is 3.01. The Morgan fingerprint density at radius 1 is 1.06 bits per heavy atom. The van der Waals surface area contributed by atoms with Crippen LogP contribution in [-0.4, -0.2) is 6.54 Å². The van der Waals surface area contributed by atoms with Gasteiger partial charge in [0, 0.05) is 12.0 Å². The van der Waals surface area contributed by atoms with Gasteiger partial charge in [-0.2, -0.15) is 0 Å². The van der Waals surface area contributed by atoms with Gasteiger partial charge in [-0.3, -0.25) is 0 Å². The van der Waals surface area contributed by atoms with E-state index in [1.807, 2.05) is 0 Å². The maximum absolute atomic E-state index is 5.87. The normalized spacial score (nSPS) is 22.9. The Bertz CT molecular complexity index is 369. The summed E-state index contributed by atoms with van der Waals surface area (Å²) in [5.41, 5.74) is 9.21. The summed E-state index contributed by atoms with van der Waals surface area (Å²) in [5.74, 6) is 0.949. The van der Waals surface area contributed by atoms with E-state index >= 15 is 0 Å². The number of benzene rings is 1. The van der Waals surface area contributed by atoms with Crippen molar-refractivity contribution < 1.29 is 0 Å². The zero-order valence-electron chi connectivity index (χ0n) is 10.6. The second kappa shape index (κ2) is 4.45. The summed E-state index contributed by atoms with van der Waals surface area (Å²) in [6, 6.07) is 9.32. The Morgan fingerprint density at radius 3 is 2.24 bits per heavy atom. The third kappa shape index (κ3) is 2.26. The van der Waals surface area contributed by atoms with Crippen LogP contribution in [0.2, 0.25) is 0 Å². The summed E-state index contributed by atoms with van der Waals surface area (Å²) < 4.78 is 0. The zero-order chi connectivity index (χ0) is 11.7. The average molecular weight is 229 g/mol. The second-order valence-corrected chi connectivity index (χ2v) is 6.04. The van der Waals surface area contributed by atoms with E-state index in [9.17, 15) is 0 Å². The molecule has 2 fully saturated rings. The van der Waals surface area contributed by atoms with Gasteiger partial charge in [0.25, 0.3) is 0 Å². The molecule has 0 aliphatic heterocycles. The summed E-state index contributed by atoms with van der Waals surface area (Å²) in [6.07, 6.45) is 9.62. The molecule has 0 spiro atoms. The van der Waals surface area contributed by atoms with Crippen LogP contribution in [0, 0.1) is 5.92 Å². The van der Waals surface area contributed by atoms with Crippen LogP contribution < -0.4 is 5.73 Å². The van der Waals surface area contributed by atoms with Crippen LogP contribution >= 0.6 is 0 Å². The number of hydrogen-bond acceptors (Lipinski definition) is 1. The molecule has 2 aliphatic rings. The molecule has 1 aromatic rings. The fourth-order valence-electron chi connectivity index (χ4n) is 3.30. The lowest BCUT2D eigenvalue weighted by Gasteiger charge is -2.14. The molecule has 1 nitrogen and oxygen atoms in total. The Hall–Kier alpha value is -0.820. The van der Waals surface area contributed by atoms with Gasteiger partial charge in [0.15, 0.2) is 0 Å². The van der Waals surface area contributed by atoms with Gasteiger partial charge in [-0.25, -0.2) is 0 Å². The Balaban J connectivity index is 1.67. The molecule has 2 saturated carbocycles. The molecule has 0 amide bonds. The lowest BCUT2D eigenvalue weighted by molar-refractivity contribution is 0.546. The molecule has 0 radical (unpaired) electrons. The van der Waals surface area contributed by atoms with Crippen molar-refractivity contribution >= 4 is 0 Å². The van der Waals surface area contributed by atoms with Crippen molar-refractivity contribution in [1.29, 1.82) is 0 Å². The highest BCUT2D eigenvalue weighted by Crippen LogP contribution is 2.47. The first-order valence-electron chi connectivity index (χ1n) is 7.12. The van der Waals surface area contributed by atoms with Gasteiger partial charge in [-0.15, -0.1) is 0 Å². The van der Waals surface area contributed by atoms with Crippen molar-refractivity contribution in [2.24, 2.45) is 11.7 Å². The van der Waals surface area contributed by atoms with Crippen LogP contribution in [0.1, 0.15) is 49.7 Å². The summed E-state index contributed by atoms with van der Waals surface area (Å²) >= 11 is 0. The first-order valence-corrected chi connectivity index (χ1v) is 7.12. The van der Waals surface area contributed by atoms with E-state index in [0.717, 1.165) is 12.5 Å². The number of hydrogen-bond donors (Lipinski definition) is 1.